The van der Waals surface area contributed by atoms with Gasteiger partial charge in [0.25, 0.3) is 0 Å². The topological polar surface area (TPSA) is 49.8 Å². The van der Waals surface area contributed by atoms with Crippen LogP contribution in [0.25, 0.3) is 0 Å². The van der Waals surface area contributed by atoms with Gasteiger partial charge in [0, 0.05) is 24.9 Å². The predicted molar refractivity (Wildman–Crippen MR) is 60.0 cm³/mol. The lowest BCUT2D eigenvalue weighted by Gasteiger charge is -2.36. The summed E-state index contributed by atoms with van der Waals surface area (Å²) in [6.45, 7) is 6.91. The van der Waals surface area contributed by atoms with Gasteiger partial charge in [0.05, 0.1) is 6.10 Å². The number of amides is 1. The molecule has 4 nitrogen and oxygen atoms in total. The Kier molecular flexibility index (Phi) is 2.86. The van der Waals surface area contributed by atoms with Crippen molar-refractivity contribution < 1.29 is 14.6 Å². The molecule has 0 aromatic heterocycles. The van der Waals surface area contributed by atoms with Gasteiger partial charge in [0.1, 0.15) is 5.60 Å². The Balaban J connectivity index is 1.95. The number of hydrogen-bond donors (Lipinski definition) is 1. The summed E-state index contributed by atoms with van der Waals surface area (Å²) in [6, 6.07) is 0. The fourth-order valence-electron chi connectivity index (χ4n) is 2.67. The zero-order valence-corrected chi connectivity index (χ0v) is 10.3. The van der Waals surface area contributed by atoms with Crippen molar-refractivity contribution in [2.75, 3.05) is 13.1 Å². The summed E-state index contributed by atoms with van der Waals surface area (Å²) in [7, 11) is 0. The van der Waals surface area contributed by atoms with Crippen molar-refractivity contribution in [2.24, 2.45) is 11.8 Å². The molecule has 2 bridgehead atoms. The molecule has 1 heterocycles. The van der Waals surface area contributed by atoms with Crippen LogP contribution in [0.2, 0.25) is 0 Å². The summed E-state index contributed by atoms with van der Waals surface area (Å²) in [4.78, 5) is 13.6. The number of piperidine rings is 1. The highest BCUT2D eigenvalue weighted by atomic mass is 16.6. The average molecular weight is 227 g/mol. The molecule has 4 heteroatoms. The molecule has 1 saturated heterocycles. The van der Waals surface area contributed by atoms with Crippen molar-refractivity contribution in [1.29, 1.82) is 0 Å². The largest absolute Gasteiger partial charge is 0.444 e. The number of fused-ring (bicyclic) bond motifs is 2. The highest BCUT2D eigenvalue weighted by Crippen LogP contribution is 2.37. The number of carbonyl (C=O) groups is 1. The third-order valence-corrected chi connectivity index (χ3v) is 3.44. The van der Waals surface area contributed by atoms with Gasteiger partial charge < -0.3 is 14.7 Å². The Morgan fingerprint density at radius 1 is 1.25 bits per heavy atom. The molecular formula is C12H21NO3. The number of aliphatic hydroxyl groups excluding tert-OH is 1. The molecule has 2 rings (SSSR count). The molecule has 1 saturated carbocycles. The highest BCUT2D eigenvalue weighted by molar-refractivity contribution is 5.68. The van der Waals surface area contributed by atoms with E-state index in [0.717, 1.165) is 12.8 Å². The maximum absolute atomic E-state index is 11.9. The third kappa shape index (κ3) is 2.32. The number of rotatable bonds is 0. The van der Waals surface area contributed by atoms with Gasteiger partial charge in [0.15, 0.2) is 0 Å². The first kappa shape index (κ1) is 11.7. The smallest absolute Gasteiger partial charge is 0.410 e. The van der Waals surface area contributed by atoms with E-state index in [1.54, 1.807) is 4.90 Å². The van der Waals surface area contributed by atoms with E-state index in [1.165, 1.54) is 0 Å². The second-order valence-corrected chi connectivity index (χ2v) is 5.97. The second kappa shape index (κ2) is 3.91. The lowest BCUT2D eigenvalue weighted by Crippen LogP contribution is -2.48. The molecule has 0 spiro atoms. The minimum atomic E-state index is -0.438. The molecule has 1 aliphatic heterocycles. The van der Waals surface area contributed by atoms with E-state index in [4.69, 9.17) is 4.74 Å². The normalized spacial score (nSPS) is 34.0. The first-order valence-corrected chi connectivity index (χ1v) is 6.03. The Labute approximate surface area is 96.6 Å². The molecule has 1 amide bonds. The van der Waals surface area contributed by atoms with Crippen molar-refractivity contribution in [3.8, 4) is 0 Å². The van der Waals surface area contributed by atoms with E-state index in [1.807, 2.05) is 20.8 Å². The van der Waals surface area contributed by atoms with Crippen LogP contribution in [-0.4, -0.2) is 40.9 Å². The molecule has 16 heavy (non-hydrogen) atoms. The summed E-state index contributed by atoms with van der Waals surface area (Å²) in [5.74, 6) is 0.512. The SMILES string of the molecule is CC(C)(C)OC(=O)N1C[C@H]2CC[C@@H](C1)C2O. The lowest BCUT2D eigenvalue weighted by molar-refractivity contribution is -0.0134. The first-order valence-electron chi connectivity index (χ1n) is 6.03. The number of aliphatic hydroxyl groups is 1. The third-order valence-electron chi connectivity index (χ3n) is 3.44. The fraction of sp³-hybridized carbons (Fsp3) is 0.917. The number of likely N-dealkylation sites (tertiary alicyclic amines) is 1. The average Bonchev–Trinajstić information content (AvgIpc) is 2.38. The molecule has 1 N–H and O–H groups in total. The van der Waals surface area contributed by atoms with E-state index in [9.17, 15) is 9.90 Å². The van der Waals surface area contributed by atoms with Crippen molar-refractivity contribution in [3.05, 3.63) is 0 Å². The lowest BCUT2D eigenvalue weighted by atomic mass is 9.95. The van der Waals surface area contributed by atoms with Crippen LogP contribution in [0.4, 0.5) is 4.79 Å². The van der Waals surface area contributed by atoms with Crippen molar-refractivity contribution in [1.82, 2.24) is 4.90 Å². The van der Waals surface area contributed by atoms with Gasteiger partial charge in [-0.25, -0.2) is 4.79 Å². The molecular weight excluding hydrogens is 206 g/mol. The van der Waals surface area contributed by atoms with E-state index in [-0.39, 0.29) is 24.0 Å². The van der Waals surface area contributed by atoms with Crippen molar-refractivity contribution in [2.45, 2.75) is 45.3 Å². The van der Waals surface area contributed by atoms with Gasteiger partial charge in [-0.3, -0.25) is 0 Å². The summed E-state index contributed by atoms with van der Waals surface area (Å²) >= 11 is 0. The zero-order chi connectivity index (χ0) is 11.9. The number of carbonyl (C=O) groups excluding carboxylic acids is 1. The van der Waals surface area contributed by atoms with E-state index in [0.29, 0.717) is 13.1 Å². The predicted octanol–water partition coefficient (Wildman–Crippen LogP) is 1.62. The molecule has 0 aromatic carbocycles. The Bertz CT molecular complexity index is 270. The van der Waals surface area contributed by atoms with Crippen LogP contribution in [0.5, 0.6) is 0 Å². The fourth-order valence-corrected chi connectivity index (χ4v) is 2.67. The van der Waals surface area contributed by atoms with E-state index < -0.39 is 5.60 Å². The monoisotopic (exact) mass is 227 g/mol. The molecule has 3 atom stereocenters. The van der Waals surface area contributed by atoms with Crippen molar-refractivity contribution >= 4 is 6.09 Å². The van der Waals surface area contributed by atoms with Gasteiger partial charge in [0.2, 0.25) is 0 Å². The van der Waals surface area contributed by atoms with Gasteiger partial charge in [-0.1, -0.05) is 0 Å². The van der Waals surface area contributed by atoms with Crippen LogP contribution in [0.15, 0.2) is 0 Å². The molecule has 1 unspecified atom stereocenters. The van der Waals surface area contributed by atoms with Crippen LogP contribution in [-0.2, 0) is 4.74 Å². The van der Waals surface area contributed by atoms with Gasteiger partial charge in [-0.15, -0.1) is 0 Å². The van der Waals surface area contributed by atoms with E-state index in [2.05, 4.69) is 0 Å². The Morgan fingerprint density at radius 3 is 2.19 bits per heavy atom. The van der Waals surface area contributed by atoms with Gasteiger partial charge in [-0.05, 0) is 33.6 Å². The van der Waals surface area contributed by atoms with Crippen LogP contribution >= 0.6 is 0 Å². The zero-order valence-electron chi connectivity index (χ0n) is 10.3. The van der Waals surface area contributed by atoms with Crippen LogP contribution in [0.1, 0.15) is 33.6 Å². The maximum atomic E-state index is 11.9. The molecule has 92 valence electrons. The number of hydrogen-bond acceptors (Lipinski definition) is 3. The summed E-state index contributed by atoms with van der Waals surface area (Å²) < 4.78 is 5.34. The van der Waals surface area contributed by atoms with E-state index >= 15 is 0 Å². The Hall–Kier alpha value is -0.770. The molecule has 2 fully saturated rings. The van der Waals surface area contributed by atoms with Crippen molar-refractivity contribution in [3.63, 3.8) is 0 Å². The maximum Gasteiger partial charge on any atom is 0.410 e. The minimum Gasteiger partial charge on any atom is -0.444 e. The summed E-state index contributed by atoms with van der Waals surface area (Å²) in [6.07, 6.45) is 1.62. The first-order chi connectivity index (χ1) is 7.37. The second-order valence-electron chi connectivity index (χ2n) is 5.97. The summed E-state index contributed by atoms with van der Waals surface area (Å²) in [5.41, 5.74) is -0.438. The molecule has 0 aromatic rings. The molecule has 0 radical (unpaired) electrons. The summed E-state index contributed by atoms with van der Waals surface area (Å²) in [5, 5.41) is 9.86. The minimum absolute atomic E-state index is 0.210. The number of ether oxygens (including phenoxy) is 1. The molecule has 1 aliphatic carbocycles. The quantitative estimate of drug-likeness (QED) is 0.684. The highest BCUT2D eigenvalue weighted by Gasteiger charge is 2.43. The van der Waals surface area contributed by atoms with Gasteiger partial charge >= 0.3 is 6.09 Å². The number of nitrogens with zero attached hydrogens (tertiary/aromatic N) is 1. The van der Waals surface area contributed by atoms with Crippen LogP contribution in [0.3, 0.4) is 0 Å². The van der Waals surface area contributed by atoms with Gasteiger partial charge in [-0.2, -0.15) is 0 Å². The Morgan fingerprint density at radius 2 is 1.75 bits per heavy atom. The van der Waals surface area contributed by atoms with Crippen LogP contribution in [0, 0.1) is 11.8 Å². The van der Waals surface area contributed by atoms with Crippen LogP contribution < -0.4 is 0 Å². The standard InChI is InChI=1S/C12H21NO3/c1-12(2,3)16-11(15)13-6-8-4-5-9(7-13)10(8)14/h8-10,14H,4-7H2,1-3H3/t8-,9+,10?. The molecule has 2 aliphatic rings.